The molecule has 0 fully saturated rings. The van der Waals surface area contributed by atoms with Gasteiger partial charge in [0.15, 0.2) is 0 Å². The molecule has 0 aliphatic rings. The summed E-state index contributed by atoms with van der Waals surface area (Å²) in [7, 11) is 0. The lowest BCUT2D eigenvalue weighted by molar-refractivity contribution is -0.148. The van der Waals surface area contributed by atoms with Gasteiger partial charge in [-0.15, -0.1) is 6.58 Å². The van der Waals surface area contributed by atoms with Crippen LogP contribution >= 0.6 is 0 Å². The van der Waals surface area contributed by atoms with E-state index in [0.29, 0.717) is 13.2 Å². The molecule has 0 unspecified atom stereocenters. The molecule has 20 heavy (non-hydrogen) atoms. The van der Waals surface area contributed by atoms with E-state index >= 15 is 0 Å². The summed E-state index contributed by atoms with van der Waals surface area (Å²) >= 11 is 0. The number of ether oxygens (including phenoxy) is 1. The van der Waals surface area contributed by atoms with Crippen LogP contribution in [0.2, 0.25) is 0 Å². The van der Waals surface area contributed by atoms with Crippen molar-refractivity contribution in [3.63, 3.8) is 0 Å². The number of amides is 1. The molecule has 0 aliphatic carbocycles. The summed E-state index contributed by atoms with van der Waals surface area (Å²) < 4.78 is 4.88. The van der Waals surface area contributed by atoms with E-state index in [-0.39, 0.29) is 18.9 Å². The molecule has 0 saturated heterocycles. The van der Waals surface area contributed by atoms with Crippen LogP contribution in [-0.4, -0.2) is 36.5 Å². The molecule has 0 atom stereocenters. The monoisotopic (exact) mass is 275 g/mol. The fourth-order valence-electron chi connectivity index (χ4n) is 1.86. The Kier molecular flexibility index (Phi) is 6.50. The fourth-order valence-corrected chi connectivity index (χ4v) is 1.86. The maximum absolute atomic E-state index is 12.3. The molecule has 1 amide bonds. The molecule has 0 heterocycles. The summed E-state index contributed by atoms with van der Waals surface area (Å²) in [6.45, 7) is 7.93. The summed E-state index contributed by atoms with van der Waals surface area (Å²) in [5.41, 5.74) is 2.03. The Labute approximate surface area is 120 Å². The van der Waals surface area contributed by atoms with Crippen LogP contribution in [0.3, 0.4) is 0 Å². The van der Waals surface area contributed by atoms with E-state index in [9.17, 15) is 9.59 Å². The zero-order valence-corrected chi connectivity index (χ0v) is 12.1. The molecule has 1 rings (SSSR count). The second-order valence-electron chi connectivity index (χ2n) is 4.47. The first-order valence-corrected chi connectivity index (χ1v) is 6.67. The van der Waals surface area contributed by atoms with Crippen molar-refractivity contribution in [2.24, 2.45) is 0 Å². The Morgan fingerprint density at radius 1 is 1.35 bits per heavy atom. The molecule has 0 spiro atoms. The Morgan fingerprint density at radius 3 is 2.65 bits per heavy atom. The summed E-state index contributed by atoms with van der Waals surface area (Å²) in [5.74, 6) is -0.500. The minimum Gasteiger partial charge on any atom is -0.465 e. The molecule has 4 nitrogen and oxygen atoms in total. The average molecular weight is 275 g/mol. The molecule has 1 aromatic carbocycles. The second kappa shape index (κ2) is 8.15. The Balaban J connectivity index is 2.71. The molecule has 0 N–H and O–H groups in total. The van der Waals surface area contributed by atoms with Crippen molar-refractivity contribution in [3.8, 4) is 0 Å². The van der Waals surface area contributed by atoms with E-state index in [0.717, 1.165) is 11.1 Å². The molecule has 108 valence electrons. The molecule has 0 bridgehead atoms. The predicted molar refractivity (Wildman–Crippen MR) is 78.3 cm³/mol. The highest BCUT2D eigenvalue weighted by Gasteiger charge is 2.17. The first-order chi connectivity index (χ1) is 9.58. The number of hydrogen-bond donors (Lipinski definition) is 0. The SMILES string of the molecule is C=CCN(CC(=O)OCC)C(=O)Cc1ccccc1C. The van der Waals surface area contributed by atoms with Crippen LogP contribution in [0.4, 0.5) is 0 Å². The fraction of sp³-hybridized carbons (Fsp3) is 0.375. The van der Waals surface area contributed by atoms with Crippen molar-refractivity contribution in [2.45, 2.75) is 20.3 Å². The van der Waals surface area contributed by atoms with Crippen molar-refractivity contribution in [1.29, 1.82) is 0 Å². The molecule has 4 heteroatoms. The topological polar surface area (TPSA) is 46.6 Å². The summed E-state index contributed by atoms with van der Waals surface area (Å²) in [5, 5.41) is 0. The molecule has 0 aliphatic heterocycles. The lowest BCUT2D eigenvalue weighted by Gasteiger charge is -2.20. The molecular weight excluding hydrogens is 254 g/mol. The number of aryl methyl sites for hydroxylation is 1. The second-order valence-corrected chi connectivity index (χ2v) is 4.47. The van der Waals surface area contributed by atoms with Gasteiger partial charge < -0.3 is 9.64 Å². The van der Waals surface area contributed by atoms with E-state index in [1.165, 1.54) is 4.90 Å². The normalized spacial score (nSPS) is 9.90. The highest BCUT2D eigenvalue weighted by molar-refractivity contribution is 5.84. The van der Waals surface area contributed by atoms with Crippen LogP contribution in [0.25, 0.3) is 0 Å². The first kappa shape index (κ1) is 16.0. The van der Waals surface area contributed by atoms with Crippen LogP contribution in [0.5, 0.6) is 0 Å². The third kappa shape index (κ3) is 4.88. The lowest BCUT2D eigenvalue weighted by Crippen LogP contribution is -2.37. The summed E-state index contributed by atoms with van der Waals surface area (Å²) in [4.78, 5) is 25.2. The first-order valence-electron chi connectivity index (χ1n) is 6.67. The minimum absolute atomic E-state index is 0.0371. The summed E-state index contributed by atoms with van der Waals surface area (Å²) in [6, 6.07) is 7.72. The van der Waals surface area contributed by atoms with Gasteiger partial charge in [-0.1, -0.05) is 30.3 Å². The molecular formula is C16H21NO3. The Bertz CT molecular complexity index is 482. The van der Waals surface area contributed by atoms with Crippen LogP contribution in [0, 0.1) is 6.92 Å². The number of hydrogen-bond acceptors (Lipinski definition) is 3. The summed E-state index contributed by atoms with van der Waals surface area (Å²) in [6.07, 6.45) is 1.88. The maximum Gasteiger partial charge on any atom is 0.325 e. The van der Waals surface area contributed by atoms with Crippen LogP contribution in [-0.2, 0) is 20.7 Å². The van der Waals surface area contributed by atoms with Crippen molar-refractivity contribution < 1.29 is 14.3 Å². The standard InChI is InChI=1S/C16H21NO3/c1-4-10-17(12-16(19)20-5-2)15(18)11-14-9-7-6-8-13(14)3/h4,6-9H,1,5,10-12H2,2-3H3. The van der Waals surface area contributed by atoms with Gasteiger partial charge in [0.25, 0.3) is 0 Å². The van der Waals surface area contributed by atoms with Crippen molar-refractivity contribution in [1.82, 2.24) is 4.90 Å². The van der Waals surface area contributed by atoms with E-state index in [1.54, 1.807) is 13.0 Å². The lowest BCUT2D eigenvalue weighted by atomic mass is 10.1. The molecule has 0 aromatic heterocycles. The zero-order valence-electron chi connectivity index (χ0n) is 12.1. The van der Waals surface area contributed by atoms with E-state index < -0.39 is 5.97 Å². The van der Waals surface area contributed by atoms with Gasteiger partial charge in [-0.25, -0.2) is 0 Å². The largest absolute Gasteiger partial charge is 0.465 e. The van der Waals surface area contributed by atoms with Crippen molar-refractivity contribution >= 4 is 11.9 Å². The number of rotatable bonds is 7. The van der Waals surface area contributed by atoms with Gasteiger partial charge in [0.1, 0.15) is 6.54 Å². The third-order valence-electron chi connectivity index (χ3n) is 2.93. The van der Waals surface area contributed by atoms with E-state index in [2.05, 4.69) is 6.58 Å². The molecule has 0 saturated carbocycles. The van der Waals surface area contributed by atoms with Crippen LogP contribution < -0.4 is 0 Å². The highest BCUT2D eigenvalue weighted by Crippen LogP contribution is 2.09. The van der Waals surface area contributed by atoms with Crippen LogP contribution in [0.15, 0.2) is 36.9 Å². The van der Waals surface area contributed by atoms with Gasteiger partial charge in [0.2, 0.25) is 5.91 Å². The van der Waals surface area contributed by atoms with Gasteiger partial charge in [0.05, 0.1) is 13.0 Å². The van der Waals surface area contributed by atoms with Crippen molar-refractivity contribution in [2.75, 3.05) is 19.7 Å². The van der Waals surface area contributed by atoms with Gasteiger partial charge in [-0.3, -0.25) is 9.59 Å². The van der Waals surface area contributed by atoms with Gasteiger partial charge in [0, 0.05) is 6.54 Å². The highest BCUT2D eigenvalue weighted by atomic mass is 16.5. The van der Waals surface area contributed by atoms with Gasteiger partial charge >= 0.3 is 5.97 Å². The number of carbonyl (C=O) groups excluding carboxylic acids is 2. The van der Waals surface area contributed by atoms with Crippen LogP contribution in [0.1, 0.15) is 18.1 Å². The molecule has 0 radical (unpaired) electrons. The number of benzene rings is 1. The minimum atomic E-state index is -0.396. The number of carbonyl (C=O) groups is 2. The third-order valence-corrected chi connectivity index (χ3v) is 2.93. The Hall–Kier alpha value is -2.10. The maximum atomic E-state index is 12.3. The predicted octanol–water partition coefficient (Wildman–Crippen LogP) is 2.12. The quantitative estimate of drug-likeness (QED) is 0.565. The van der Waals surface area contributed by atoms with Crippen molar-refractivity contribution in [3.05, 3.63) is 48.0 Å². The number of nitrogens with zero attached hydrogens (tertiary/aromatic N) is 1. The molecule has 1 aromatic rings. The van der Waals surface area contributed by atoms with E-state index in [1.807, 2.05) is 31.2 Å². The Morgan fingerprint density at radius 2 is 2.05 bits per heavy atom. The smallest absolute Gasteiger partial charge is 0.325 e. The van der Waals surface area contributed by atoms with Gasteiger partial charge in [-0.05, 0) is 25.0 Å². The van der Waals surface area contributed by atoms with E-state index in [4.69, 9.17) is 4.74 Å². The zero-order chi connectivity index (χ0) is 15.0. The van der Waals surface area contributed by atoms with Gasteiger partial charge in [-0.2, -0.15) is 0 Å². The number of esters is 1. The average Bonchev–Trinajstić information content (AvgIpc) is 2.41.